The van der Waals surface area contributed by atoms with E-state index >= 15 is 0 Å². The summed E-state index contributed by atoms with van der Waals surface area (Å²) in [5.74, 6) is -0.0180. The molecule has 0 bridgehead atoms. The van der Waals surface area contributed by atoms with Crippen LogP contribution in [0.1, 0.15) is 33.1 Å². The van der Waals surface area contributed by atoms with Crippen molar-refractivity contribution in [3.8, 4) is 0 Å². The molecule has 0 aromatic carbocycles. The summed E-state index contributed by atoms with van der Waals surface area (Å²) in [4.78, 5) is 11.1. The number of hydrogen-bond acceptors (Lipinski definition) is 3. The van der Waals surface area contributed by atoms with Crippen molar-refractivity contribution in [2.75, 3.05) is 13.1 Å². The predicted octanol–water partition coefficient (Wildman–Crippen LogP) is 0.00250. The Kier molecular flexibility index (Phi) is 5.66. The number of aliphatic hydroxyl groups is 1. The molecule has 0 aromatic heterocycles. The predicted molar refractivity (Wildman–Crippen MR) is 52.2 cm³/mol. The molecular formula is C9H20N2O2. The molecule has 0 rings (SSSR count). The summed E-state index contributed by atoms with van der Waals surface area (Å²) in [7, 11) is 0. The summed E-state index contributed by atoms with van der Waals surface area (Å²) in [6.07, 6.45) is 2.18. The van der Waals surface area contributed by atoms with Gasteiger partial charge in [0.05, 0.1) is 5.60 Å². The Labute approximate surface area is 79.5 Å². The van der Waals surface area contributed by atoms with Crippen LogP contribution < -0.4 is 11.1 Å². The zero-order chi connectivity index (χ0) is 10.3. The van der Waals surface area contributed by atoms with Crippen molar-refractivity contribution < 1.29 is 9.90 Å². The molecule has 0 aromatic rings. The first-order chi connectivity index (χ1) is 5.95. The number of nitrogens with two attached hydrogens (primary N) is 1. The van der Waals surface area contributed by atoms with Crippen molar-refractivity contribution in [2.45, 2.75) is 38.7 Å². The molecule has 4 N–H and O–H groups in total. The maximum atomic E-state index is 11.1. The minimum atomic E-state index is -0.830. The number of amides is 1. The molecule has 0 saturated carbocycles. The molecule has 4 heteroatoms. The van der Waals surface area contributed by atoms with Gasteiger partial charge in [0.2, 0.25) is 5.91 Å². The van der Waals surface area contributed by atoms with Gasteiger partial charge in [0.25, 0.3) is 0 Å². The van der Waals surface area contributed by atoms with Crippen LogP contribution in [0.4, 0.5) is 0 Å². The fourth-order valence-electron chi connectivity index (χ4n) is 0.833. The Morgan fingerprint density at radius 1 is 1.46 bits per heavy atom. The highest BCUT2D eigenvalue weighted by Gasteiger charge is 2.13. The summed E-state index contributed by atoms with van der Waals surface area (Å²) in [5.41, 5.74) is 4.46. The Balaban J connectivity index is 3.41. The van der Waals surface area contributed by atoms with E-state index in [9.17, 15) is 9.90 Å². The molecule has 0 aliphatic heterocycles. The van der Waals surface area contributed by atoms with E-state index in [1.165, 1.54) is 0 Å². The second-order valence-corrected chi connectivity index (χ2v) is 3.83. The van der Waals surface area contributed by atoms with Gasteiger partial charge in [0, 0.05) is 13.0 Å². The van der Waals surface area contributed by atoms with Crippen LogP contribution in [0, 0.1) is 0 Å². The van der Waals surface area contributed by atoms with Gasteiger partial charge in [0.15, 0.2) is 0 Å². The Morgan fingerprint density at radius 2 is 2.08 bits per heavy atom. The van der Waals surface area contributed by atoms with Crippen molar-refractivity contribution in [1.29, 1.82) is 0 Å². The molecule has 0 saturated heterocycles. The maximum absolute atomic E-state index is 11.1. The number of carbonyl (C=O) groups excluding carboxylic acids is 1. The number of hydrogen-bond donors (Lipinski definition) is 3. The van der Waals surface area contributed by atoms with E-state index in [4.69, 9.17) is 5.73 Å². The van der Waals surface area contributed by atoms with E-state index in [0.29, 0.717) is 19.5 Å². The number of rotatable bonds is 6. The third-order valence-corrected chi connectivity index (χ3v) is 1.58. The molecule has 4 nitrogen and oxygen atoms in total. The zero-order valence-electron chi connectivity index (χ0n) is 8.47. The van der Waals surface area contributed by atoms with E-state index in [1.54, 1.807) is 13.8 Å². The molecule has 0 fully saturated rings. The average Bonchev–Trinajstić information content (AvgIpc) is 2.00. The van der Waals surface area contributed by atoms with Gasteiger partial charge in [-0.1, -0.05) is 0 Å². The molecule has 0 heterocycles. The fourth-order valence-corrected chi connectivity index (χ4v) is 0.833. The highest BCUT2D eigenvalue weighted by Crippen LogP contribution is 1.98. The van der Waals surface area contributed by atoms with Crippen molar-refractivity contribution in [2.24, 2.45) is 5.73 Å². The molecule has 0 unspecified atom stereocenters. The highest BCUT2D eigenvalue weighted by atomic mass is 16.3. The standard InChI is InChI=1S/C9H20N2O2/c1-9(2,13)7-11-8(12)5-3-4-6-10/h13H,3-7,10H2,1-2H3,(H,11,12). The molecule has 78 valence electrons. The number of unbranched alkanes of at least 4 members (excludes halogenated alkanes) is 1. The van der Waals surface area contributed by atoms with Gasteiger partial charge in [-0.3, -0.25) is 4.79 Å². The van der Waals surface area contributed by atoms with Crippen molar-refractivity contribution >= 4 is 5.91 Å². The van der Waals surface area contributed by atoms with Gasteiger partial charge >= 0.3 is 0 Å². The minimum Gasteiger partial charge on any atom is -0.389 e. The summed E-state index contributed by atoms with van der Waals surface area (Å²) in [6.45, 7) is 4.24. The van der Waals surface area contributed by atoms with E-state index in [1.807, 2.05) is 0 Å². The van der Waals surface area contributed by atoms with Gasteiger partial charge < -0.3 is 16.2 Å². The maximum Gasteiger partial charge on any atom is 0.220 e. The van der Waals surface area contributed by atoms with Crippen LogP contribution in [-0.2, 0) is 4.79 Å². The third kappa shape index (κ3) is 9.30. The lowest BCUT2D eigenvalue weighted by molar-refractivity contribution is -0.122. The second kappa shape index (κ2) is 5.94. The smallest absolute Gasteiger partial charge is 0.220 e. The first kappa shape index (κ1) is 12.4. The lowest BCUT2D eigenvalue weighted by atomic mass is 10.1. The van der Waals surface area contributed by atoms with E-state index in [2.05, 4.69) is 5.32 Å². The summed E-state index contributed by atoms with van der Waals surface area (Å²) in [6, 6.07) is 0. The van der Waals surface area contributed by atoms with Crippen LogP contribution in [0.15, 0.2) is 0 Å². The quantitative estimate of drug-likeness (QED) is 0.514. The molecule has 0 aliphatic carbocycles. The normalized spacial score (nSPS) is 11.4. The SMILES string of the molecule is CC(C)(O)CNC(=O)CCCCN. The van der Waals surface area contributed by atoms with E-state index in [-0.39, 0.29) is 5.91 Å². The van der Waals surface area contributed by atoms with Crippen LogP contribution in [0.3, 0.4) is 0 Å². The van der Waals surface area contributed by atoms with Gasteiger partial charge in [-0.05, 0) is 33.2 Å². The van der Waals surface area contributed by atoms with Crippen molar-refractivity contribution in [3.05, 3.63) is 0 Å². The van der Waals surface area contributed by atoms with Crippen LogP contribution >= 0.6 is 0 Å². The van der Waals surface area contributed by atoms with Crippen molar-refractivity contribution in [1.82, 2.24) is 5.32 Å². The van der Waals surface area contributed by atoms with Gasteiger partial charge in [-0.15, -0.1) is 0 Å². The first-order valence-electron chi connectivity index (χ1n) is 4.65. The first-order valence-corrected chi connectivity index (χ1v) is 4.65. The van der Waals surface area contributed by atoms with E-state index in [0.717, 1.165) is 12.8 Å². The highest BCUT2D eigenvalue weighted by molar-refractivity contribution is 5.75. The van der Waals surface area contributed by atoms with Crippen LogP contribution in [0.5, 0.6) is 0 Å². The van der Waals surface area contributed by atoms with Crippen molar-refractivity contribution in [3.63, 3.8) is 0 Å². The monoisotopic (exact) mass is 188 g/mol. The van der Waals surface area contributed by atoms with E-state index < -0.39 is 5.60 Å². The van der Waals surface area contributed by atoms with Crippen LogP contribution in [0.25, 0.3) is 0 Å². The van der Waals surface area contributed by atoms with Crippen LogP contribution in [0.2, 0.25) is 0 Å². The Morgan fingerprint density at radius 3 is 2.54 bits per heavy atom. The molecule has 0 radical (unpaired) electrons. The number of carbonyl (C=O) groups is 1. The average molecular weight is 188 g/mol. The fraction of sp³-hybridized carbons (Fsp3) is 0.889. The Hall–Kier alpha value is -0.610. The molecule has 0 aliphatic rings. The third-order valence-electron chi connectivity index (χ3n) is 1.58. The number of nitrogens with one attached hydrogen (secondary N) is 1. The summed E-state index contributed by atoms with van der Waals surface area (Å²) < 4.78 is 0. The summed E-state index contributed by atoms with van der Waals surface area (Å²) >= 11 is 0. The summed E-state index contributed by atoms with van der Waals surface area (Å²) in [5, 5.41) is 12.0. The lowest BCUT2D eigenvalue weighted by Gasteiger charge is -2.17. The topological polar surface area (TPSA) is 75.3 Å². The molecular weight excluding hydrogens is 168 g/mol. The lowest BCUT2D eigenvalue weighted by Crippen LogP contribution is -2.38. The molecule has 0 spiro atoms. The largest absolute Gasteiger partial charge is 0.389 e. The zero-order valence-corrected chi connectivity index (χ0v) is 8.47. The molecule has 1 amide bonds. The molecule has 0 atom stereocenters. The van der Waals surface area contributed by atoms with Crippen LogP contribution in [-0.4, -0.2) is 29.7 Å². The molecule has 13 heavy (non-hydrogen) atoms. The Bertz CT molecular complexity index is 152. The second-order valence-electron chi connectivity index (χ2n) is 3.83. The van der Waals surface area contributed by atoms with Gasteiger partial charge in [-0.2, -0.15) is 0 Å². The van der Waals surface area contributed by atoms with Gasteiger partial charge in [-0.25, -0.2) is 0 Å². The van der Waals surface area contributed by atoms with Gasteiger partial charge in [0.1, 0.15) is 0 Å². The minimum absolute atomic E-state index is 0.0180.